The smallest absolute Gasteiger partial charge is 0.263 e. The van der Waals surface area contributed by atoms with Gasteiger partial charge in [-0.2, -0.15) is 0 Å². The average Bonchev–Trinajstić information content (AvgIpc) is 3.37. The molecule has 0 aliphatic carbocycles. The summed E-state index contributed by atoms with van der Waals surface area (Å²) in [7, 11) is -4.08. The maximum atomic E-state index is 14.0. The van der Waals surface area contributed by atoms with Crippen LogP contribution in [-0.4, -0.2) is 55.1 Å². The largest absolute Gasteiger partial charge is 0.378 e. The SMILES string of the molecule is Cc1csc(-c2cc(S(=O)(=O)Nc3ccccc3F)cn2CC(=O)N2CCOCC2)n1. The number of amides is 1. The number of morpholine rings is 1. The number of sulfonamides is 1. The summed E-state index contributed by atoms with van der Waals surface area (Å²) in [6, 6.07) is 6.99. The van der Waals surface area contributed by atoms with Gasteiger partial charge in [0.15, 0.2) is 0 Å². The molecule has 0 atom stereocenters. The van der Waals surface area contributed by atoms with Crippen molar-refractivity contribution in [3.63, 3.8) is 0 Å². The van der Waals surface area contributed by atoms with Crippen LogP contribution in [0.4, 0.5) is 10.1 Å². The van der Waals surface area contributed by atoms with Gasteiger partial charge >= 0.3 is 0 Å². The molecular formula is C20H21FN4O4S2. The molecule has 1 aromatic carbocycles. The van der Waals surface area contributed by atoms with Gasteiger partial charge in [-0.05, 0) is 25.1 Å². The number of thiazole rings is 1. The number of aryl methyl sites for hydroxylation is 1. The van der Waals surface area contributed by atoms with E-state index in [1.807, 2.05) is 12.3 Å². The molecular weight excluding hydrogens is 443 g/mol. The zero-order chi connectivity index (χ0) is 22.0. The number of aromatic nitrogens is 2. The first-order chi connectivity index (χ1) is 14.8. The van der Waals surface area contributed by atoms with E-state index >= 15 is 0 Å². The van der Waals surface area contributed by atoms with Gasteiger partial charge in [0.1, 0.15) is 22.3 Å². The van der Waals surface area contributed by atoms with E-state index in [1.54, 1.807) is 9.47 Å². The number of benzene rings is 1. The van der Waals surface area contributed by atoms with Gasteiger partial charge in [-0.1, -0.05) is 12.1 Å². The average molecular weight is 465 g/mol. The Morgan fingerprint density at radius 1 is 1.29 bits per heavy atom. The highest BCUT2D eigenvalue weighted by atomic mass is 32.2. The third-order valence-electron chi connectivity index (χ3n) is 4.81. The van der Waals surface area contributed by atoms with Crippen LogP contribution in [0.5, 0.6) is 0 Å². The Morgan fingerprint density at radius 2 is 2.03 bits per heavy atom. The van der Waals surface area contributed by atoms with Gasteiger partial charge in [0.05, 0.1) is 24.6 Å². The van der Waals surface area contributed by atoms with Gasteiger partial charge in [-0.3, -0.25) is 9.52 Å². The van der Waals surface area contributed by atoms with Crippen molar-refractivity contribution in [2.75, 3.05) is 31.0 Å². The molecule has 1 aliphatic rings. The van der Waals surface area contributed by atoms with Crippen LogP contribution in [-0.2, 0) is 26.1 Å². The summed E-state index contributed by atoms with van der Waals surface area (Å²) in [5.41, 5.74) is 1.15. The Bertz CT molecular complexity index is 1200. The van der Waals surface area contributed by atoms with Crippen molar-refractivity contribution in [2.45, 2.75) is 18.4 Å². The van der Waals surface area contributed by atoms with Crippen LogP contribution in [0.15, 0.2) is 46.8 Å². The number of halogens is 1. The van der Waals surface area contributed by atoms with Crippen molar-refractivity contribution in [2.24, 2.45) is 0 Å². The van der Waals surface area contributed by atoms with Gasteiger partial charge in [0, 0.05) is 30.4 Å². The lowest BCUT2D eigenvalue weighted by molar-refractivity contribution is -0.135. The van der Waals surface area contributed by atoms with Crippen molar-refractivity contribution in [3.8, 4) is 10.7 Å². The summed E-state index contributed by atoms with van der Waals surface area (Å²) in [6.07, 6.45) is 1.38. The third-order valence-corrected chi connectivity index (χ3v) is 7.12. The van der Waals surface area contributed by atoms with Crippen LogP contribution >= 0.6 is 11.3 Å². The summed E-state index contributed by atoms with van der Waals surface area (Å²) < 4.78 is 48.9. The van der Waals surface area contributed by atoms with E-state index in [0.29, 0.717) is 37.0 Å². The highest BCUT2D eigenvalue weighted by Crippen LogP contribution is 2.29. The van der Waals surface area contributed by atoms with Gasteiger partial charge in [0.25, 0.3) is 10.0 Å². The van der Waals surface area contributed by atoms with Gasteiger partial charge < -0.3 is 14.2 Å². The Kier molecular flexibility index (Phi) is 6.08. The Balaban J connectivity index is 1.67. The highest BCUT2D eigenvalue weighted by molar-refractivity contribution is 7.92. The summed E-state index contributed by atoms with van der Waals surface area (Å²) in [4.78, 5) is 18.8. The lowest BCUT2D eigenvalue weighted by Gasteiger charge is -2.27. The molecule has 164 valence electrons. The van der Waals surface area contributed by atoms with Crippen molar-refractivity contribution >= 4 is 33.0 Å². The molecule has 2 aromatic heterocycles. The minimum absolute atomic E-state index is 0.0385. The number of nitrogens with zero attached hydrogens (tertiary/aromatic N) is 3. The maximum Gasteiger partial charge on any atom is 0.263 e. The number of para-hydroxylation sites is 1. The second-order valence-electron chi connectivity index (χ2n) is 7.06. The molecule has 1 amide bonds. The molecule has 8 nitrogen and oxygen atoms in total. The normalized spacial score (nSPS) is 14.6. The number of carbonyl (C=O) groups is 1. The first-order valence-electron chi connectivity index (χ1n) is 9.59. The van der Waals surface area contributed by atoms with Crippen molar-refractivity contribution in [1.29, 1.82) is 0 Å². The Labute approximate surface area is 183 Å². The maximum absolute atomic E-state index is 14.0. The second-order valence-corrected chi connectivity index (χ2v) is 9.60. The van der Waals surface area contributed by atoms with E-state index in [0.717, 1.165) is 5.69 Å². The lowest BCUT2D eigenvalue weighted by atomic mass is 10.3. The fraction of sp³-hybridized carbons (Fsp3) is 0.300. The number of hydrogen-bond donors (Lipinski definition) is 1. The molecule has 0 saturated carbocycles. The molecule has 0 radical (unpaired) electrons. The number of anilines is 1. The number of ether oxygens (including phenoxy) is 1. The fourth-order valence-electron chi connectivity index (χ4n) is 3.22. The first-order valence-corrected chi connectivity index (χ1v) is 12.0. The molecule has 1 saturated heterocycles. The molecule has 31 heavy (non-hydrogen) atoms. The van der Waals surface area contributed by atoms with Crippen molar-refractivity contribution in [3.05, 3.63) is 53.4 Å². The minimum atomic E-state index is -4.08. The molecule has 4 rings (SSSR count). The number of rotatable bonds is 6. The van der Waals surface area contributed by atoms with E-state index in [4.69, 9.17) is 4.74 Å². The molecule has 0 spiro atoms. The highest BCUT2D eigenvalue weighted by Gasteiger charge is 2.24. The van der Waals surface area contributed by atoms with Gasteiger partial charge in [-0.25, -0.2) is 17.8 Å². The van der Waals surface area contributed by atoms with E-state index < -0.39 is 15.8 Å². The zero-order valence-corrected chi connectivity index (χ0v) is 18.4. The number of carbonyl (C=O) groups excluding carboxylic acids is 1. The molecule has 3 aromatic rings. The van der Waals surface area contributed by atoms with Crippen LogP contribution in [0.2, 0.25) is 0 Å². The van der Waals surface area contributed by atoms with Crippen LogP contribution in [0.1, 0.15) is 5.69 Å². The predicted molar refractivity (Wildman–Crippen MR) is 115 cm³/mol. The van der Waals surface area contributed by atoms with E-state index in [-0.39, 0.29) is 23.0 Å². The minimum Gasteiger partial charge on any atom is -0.378 e. The van der Waals surface area contributed by atoms with Crippen LogP contribution < -0.4 is 4.72 Å². The van der Waals surface area contributed by atoms with Crippen molar-refractivity contribution in [1.82, 2.24) is 14.5 Å². The summed E-state index contributed by atoms with van der Waals surface area (Å²) in [6.45, 7) is 3.73. The summed E-state index contributed by atoms with van der Waals surface area (Å²) in [5, 5.41) is 2.45. The number of nitrogens with one attached hydrogen (secondary N) is 1. The summed E-state index contributed by atoms with van der Waals surface area (Å²) in [5.74, 6) is -0.816. The summed E-state index contributed by atoms with van der Waals surface area (Å²) >= 11 is 1.36. The lowest BCUT2D eigenvalue weighted by Crippen LogP contribution is -2.42. The topological polar surface area (TPSA) is 93.5 Å². The molecule has 3 heterocycles. The standard InChI is InChI=1S/C20H21FN4O4S2/c1-14-13-30-20(22-14)18-10-15(31(27,28)23-17-5-3-2-4-16(17)21)11-25(18)12-19(26)24-6-8-29-9-7-24/h2-5,10-11,13,23H,6-9,12H2,1H3. The first kappa shape index (κ1) is 21.5. The second kappa shape index (κ2) is 8.77. The van der Waals surface area contributed by atoms with E-state index in [2.05, 4.69) is 9.71 Å². The third kappa shape index (κ3) is 4.78. The Morgan fingerprint density at radius 3 is 2.71 bits per heavy atom. The van der Waals surface area contributed by atoms with E-state index in [9.17, 15) is 17.6 Å². The zero-order valence-electron chi connectivity index (χ0n) is 16.7. The molecule has 1 N–H and O–H groups in total. The van der Waals surface area contributed by atoms with Gasteiger partial charge in [-0.15, -0.1) is 11.3 Å². The van der Waals surface area contributed by atoms with Crippen molar-refractivity contribution < 1.29 is 22.3 Å². The molecule has 0 unspecified atom stereocenters. The monoisotopic (exact) mass is 464 g/mol. The number of hydrogen-bond acceptors (Lipinski definition) is 6. The van der Waals surface area contributed by atoms with Crippen LogP contribution in [0.3, 0.4) is 0 Å². The van der Waals surface area contributed by atoms with Gasteiger partial charge in [0.2, 0.25) is 5.91 Å². The molecule has 0 bridgehead atoms. The molecule has 1 fully saturated rings. The molecule has 1 aliphatic heterocycles. The Hall–Kier alpha value is -2.76. The van der Waals surface area contributed by atoms with Crippen LogP contribution in [0.25, 0.3) is 10.7 Å². The quantitative estimate of drug-likeness (QED) is 0.606. The van der Waals surface area contributed by atoms with Crippen LogP contribution in [0, 0.1) is 12.7 Å². The van der Waals surface area contributed by atoms with E-state index in [1.165, 1.54) is 47.9 Å². The predicted octanol–water partition coefficient (Wildman–Crippen LogP) is 2.72. The molecule has 11 heteroatoms. The fourth-order valence-corrected chi connectivity index (χ4v) is 5.15.